The van der Waals surface area contributed by atoms with Gasteiger partial charge < -0.3 is 19.2 Å². The van der Waals surface area contributed by atoms with E-state index < -0.39 is 17.7 Å². The second-order valence-electron chi connectivity index (χ2n) is 4.61. The first-order valence-corrected chi connectivity index (χ1v) is 5.83. The molecule has 6 heteroatoms. The first kappa shape index (κ1) is 13.2. The molecule has 0 spiro atoms. The third-order valence-electron chi connectivity index (χ3n) is 2.56. The van der Waals surface area contributed by atoms with Crippen molar-refractivity contribution >= 4 is 11.9 Å². The summed E-state index contributed by atoms with van der Waals surface area (Å²) in [7, 11) is 0. The number of hydrogen-bond acceptors (Lipinski definition) is 5. The maximum atomic E-state index is 11.9. The van der Waals surface area contributed by atoms with Crippen LogP contribution in [0.15, 0.2) is 34.1 Å². The second kappa shape index (κ2) is 4.79. The molecule has 1 aromatic rings. The van der Waals surface area contributed by atoms with Crippen LogP contribution in [0.2, 0.25) is 0 Å². The average molecular weight is 265 g/mol. The van der Waals surface area contributed by atoms with Gasteiger partial charge in [0.15, 0.2) is 0 Å². The summed E-state index contributed by atoms with van der Waals surface area (Å²) in [5, 5.41) is 2.63. The number of nitrogens with one attached hydrogen (secondary N) is 1. The second-order valence-corrected chi connectivity index (χ2v) is 4.61. The molecule has 1 aliphatic rings. The molecule has 0 aliphatic carbocycles. The minimum Gasteiger partial charge on any atom is -0.467 e. The van der Waals surface area contributed by atoms with Crippen LogP contribution in [0.3, 0.4) is 0 Å². The minimum absolute atomic E-state index is 0.0538. The fourth-order valence-electron chi connectivity index (χ4n) is 1.62. The van der Waals surface area contributed by atoms with E-state index in [-0.39, 0.29) is 17.9 Å². The highest BCUT2D eigenvalue weighted by atomic mass is 16.8. The lowest BCUT2D eigenvalue weighted by molar-refractivity contribution is -0.159. The van der Waals surface area contributed by atoms with E-state index in [2.05, 4.69) is 5.32 Å². The molecule has 0 unspecified atom stereocenters. The number of carbonyl (C=O) groups excluding carboxylic acids is 2. The lowest BCUT2D eigenvalue weighted by Gasteiger charge is -2.14. The Kier molecular flexibility index (Phi) is 3.33. The van der Waals surface area contributed by atoms with Gasteiger partial charge in [0, 0.05) is 13.8 Å². The van der Waals surface area contributed by atoms with Crippen LogP contribution in [0.5, 0.6) is 0 Å². The Bertz CT molecular complexity index is 527. The first-order chi connectivity index (χ1) is 8.89. The molecule has 0 saturated carbocycles. The van der Waals surface area contributed by atoms with Gasteiger partial charge in [0.05, 0.1) is 18.4 Å². The maximum absolute atomic E-state index is 11.9. The monoisotopic (exact) mass is 265 g/mol. The molecule has 0 radical (unpaired) electrons. The molecule has 1 N–H and O–H groups in total. The number of carbonyl (C=O) groups is 2. The summed E-state index contributed by atoms with van der Waals surface area (Å²) < 4.78 is 15.4. The molecule has 102 valence electrons. The van der Waals surface area contributed by atoms with Crippen LogP contribution in [-0.2, 0) is 25.6 Å². The van der Waals surface area contributed by atoms with E-state index in [0.29, 0.717) is 5.76 Å². The summed E-state index contributed by atoms with van der Waals surface area (Å²) in [6.45, 7) is 4.96. The maximum Gasteiger partial charge on any atom is 0.377 e. The molecule has 2 heterocycles. The summed E-state index contributed by atoms with van der Waals surface area (Å²) in [5.41, 5.74) is 0.183. The van der Waals surface area contributed by atoms with E-state index in [1.807, 2.05) is 0 Å². The van der Waals surface area contributed by atoms with Crippen LogP contribution >= 0.6 is 0 Å². The number of ether oxygens (including phenoxy) is 2. The topological polar surface area (TPSA) is 77.8 Å². The van der Waals surface area contributed by atoms with Crippen LogP contribution in [0.1, 0.15) is 26.5 Å². The van der Waals surface area contributed by atoms with Gasteiger partial charge in [-0.3, -0.25) is 4.79 Å². The zero-order chi connectivity index (χ0) is 14.0. The predicted molar refractivity (Wildman–Crippen MR) is 64.5 cm³/mol. The third kappa shape index (κ3) is 2.96. The van der Waals surface area contributed by atoms with Gasteiger partial charge in [-0.2, -0.15) is 0 Å². The molecule has 1 aliphatic heterocycles. The molecule has 1 fully saturated rings. The summed E-state index contributed by atoms with van der Waals surface area (Å²) in [5.74, 6) is -1.49. The summed E-state index contributed by atoms with van der Waals surface area (Å²) in [6.07, 6.45) is 1.52. The van der Waals surface area contributed by atoms with Crippen molar-refractivity contribution in [3.8, 4) is 0 Å². The van der Waals surface area contributed by atoms with Crippen molar-refractivity contribution in [3.05, 3.63) is 35.5 Å². The van der Waals surface area contributed by atoms with Crippen LogP contribution < -0.4 is 5.32 Å². The number of amides is 1. The Morgan fingerprint density at radius 1 is 1.37 bits per heavy atom. The molecule has 19 heavy (non-hydrogen) atoms. The predicted octanol–water partition coefficient (Wildman–Crippen LogP) is 1.48. The van der Waals surface area contributed by atoms with E-state index in [1.54, 1.807) is 26.0 Å². The van der Waals surface area contributed by atoms with E-state index in [9.17, 15) is 9.59 Å². The quantitative estimate of drug-likeness (QED) is 0.661. The number of hydrogen-bond donors (Lipinski definition) is 1. The highest BCUT2D eigenvalue weighted by Gasteiger charge is 2.39. The normalized spacial score (nSPS) is 19.6. The van der Waals surface area contributed by atoms with Crippen molar-refractivity contribution in [3.63, 3.8) is 0 Å². The van der Waals surface area contributed by atoms with Gasteiger partial charge in [-0.1, -0.05) is 0 Å². The Labute approximate surface area is 110 Å². The van der Waals surface area contributed by atoms with Crippen LogP contribution in [0, 0.1) is 0 Å². The number of cyclic esters (lactones) is 1. The van der Waals surface area contributed by atoms with Gasteiger partial charge in [-0.15, -0.1) is 0 Å². The van der Waals surface area contributed by atoms with E-state index >= 15 is 0 Å². The van der Waals surface area contributed by atoms with Gasteiger partial charge in [0.1, 0.15) is 5.76 Å². The fourth-order valence-corrected chi connectivity index (χ4v) is 1.62. The van der Waals surface area contributed by atoms with Crippen LogP contribution in [-0.4, -0.2) is 17.7 Å². The lowest BCUT2D eigenvalue weighted by atomic mass is 10.2. The summed E-state index contributed by atoms with van der Waals surface area (Å²) in [6, 6.07) is 3.47. The number of rotatable bonds is 3. The van der Waals surface area contributed by atoms with Gasteiger partial charge in [-0.05, 0) is 19.1 Å². The Morgan fingerprint density at radius 2 is 2.11 bits per heavy atom. The van der Waals surface area contributed by atoms with Crippen molar-refractivity contribution in [2.75, 3.05) is 0 Å². The van der Waals surface area contributed by atoms with Crippen molar-refractivity contribution in [2.24, 2.45) is 0 Å². The van der Waals surface area contributed by atoms with E-state index in [0.717, 1.165) is 0 Å². The van der Waals surface area contributed by atoms with Crippen LogP contribution in [0.25, 0.3) is 0 Å². The summed E-state index contributed by atoms with van der Waals surface area (Å²) >= 11 is 0. The van der Waals surface area contributed by atoms with E-state index in [1.165, 1.54) is 13.2 Å². The summed E-state index contributed by atoms with van der Waals surface area (Å²) in [4.78, 5) is 23.4. The fraction of sp³-hybridized carbons (Fsp3) is 0.385. The molecule has 6 nitrogen and oxygen atoms in total. The van der Waals surface area contributed by atoms with Crippen molar-refractivity contribution in [2.45, 2.75) is 33.1 Å². The number of esters is 1. The SMILES string of the molecule is CC(C(=O)NCc1ccco1)=C1OC(C)(C)OC1=O. The third-order valence-corrected chi connectivity index (χ3v) is 2.56. The van der Waals surface area contributed by atoms with Gasteiger partial charge in [0.25, 0.3) is 5.91 Å². The Morgan fingerprint density at radius 3 is 2.63 bits per heavy atom. The van der Waals surface area contributed by atoms with Gasteiger partial charge >= 0.3 is 5.97 Å². The molecule has 0 atom stereocenters. The standard InChI is InChI=1S/C13H15NO5/c1-8(10-12(16)19-13(2,3)18-10)11(15)14-7-9-5-4-6-17-9/h4-6H,7H2,1-3H3,(H,14,15). The minimum atomic E-state index is -1.03. The average Bonchev–Trinajstić information content (AvgIpc) is 2.92. The Hall–Kier alpha value is -2.24. The largest absolute Gasteiger partial charge is 0.467 e. The molecular weight excluding hydrogens is 250 g/mol. The molecule has 0 aromatic carbocycles. The van der Waals surface area contributed by atoms with Crippen molar-refractivity contribution in [1.29, 1.82) is 0 Å². The molecule has 2 rings (SSSR count). The molecule has 1 amide bonds. The van der Waals surface area contributed by atoms with Crippen LogP contribution in [0.4, 0.5) is 0 Å². The Balaban J connectivity index is 2.04. The number of furan rings is 1. The first-order valence-electron chi connectivity index (χ1n) is 5.83. The smallest absolute Gasteiger partial charge is 0.377 e. The zero-order valence-corrected chi connectivity index (χ0v) is 11.0. The molecule has 1 saturated heterocycles. The molecule has 1 aromatic heterocycles. The van der Waals surface area contributed by atoms with Crippen molar-refractivity contribution < 1.29 is 23.5 Å². The zero-order valence-electron chi connectivity index (χ0n) is 11.0. The molecule has 0 bridgehead atoms. The van der Waals surface area contributed by atoms with Gasteiger partial charge in [0.2, 0.25) is 11.5 Å². The van der Waals surface area contributed by atoms with E-state index in [4.69, 9.17) is 13.9 Å². The van der Waals surface area contributed by atoms with Crippen molar-refractivity contribution in [1.82, 2.24) is 5.32 Å². The highest BCUT2D eigenvalue weighted by Crippen LogP contribution is 2.28. The molecular formula is C13H15NO5. The lowest BCUT2D eigenvalue weighted by Crippen LogP contribution is -2.25. The highest BCUT2D eigenvalue weighted by molar-refractivity contribution is 6.01. The van der Waals surface area contributed by atoms with Gasteiger partial charge in [-0.25, -0.2) is 4.79 Å².